The van der Waals surface area contributed by atoms with E-state index >= 15 is 0 Å². The van der Waals surface area contributed by atoms with Gasteiger partial charge < -0.3 is 15.9 Å². The maximum absolute atomic E-state index is 14.2. The maximum atomic E-state index is 14.2. The summed E-state index contributed by atoms with van der Waals surface area (Å²) in [6.45, 7) is 4.33. The second kappa shape index (κ2) is 10.5. The molecule has 0 aromatic heterocycles. The molecule has 9 nitrogen and oxygen atoms in total. The zero-order chi connectivity index (χ0) is 31.8. The molecule has 6 rings (SSSR count). The van der Waals surface area contributed by atoms with Gasteiger partial charge in [-0.2, -0.15) is 0 Å². The van der Waals surface area contributed by atoms with Crippen LogP contribution in [0.3, 0.4) is 0 Å². The summed E-state index contributed by atoms with van der Waals surface area (Å²) in [4.78, 5) is 68.8. The number of phenolic OH excluding ortho intramolecular Hbond substituents is 1. The monoisotopic (exact) mass is 596 g/mol. The van der Waals surface area contributed by atoms with Gasteiger partial charge in [-0.3, -0.25) is 28.9 Å². The van der Waals surface area contributed by atoms with Gasteiger partial charge in [0.2, 0.25) is 5.91 Å². The summed E-state index contributed by atoms with van der Waals surface area (Å²) in [6.07, 6.45) is 1.11. The van der Waals surface area contributed by atoms with Crippen LogP contribution >= 0.6 is 0 Å². The number of carbonyl (C=O) groups excluding carboxylic acids is 5. The van der Waals surface area contributed by atoms with Crippen LogP contribution in [0.1, 0.15) is 41.8 Å². The van der Waals surface area contributed by atoms with Crippen LogP contribution in [0, 0.1) is 29.6 Å². The smallest absolute Gasteiger partial charge is 0.235 e. The summed E-state index contributed by atoms with van der Waals surface area (Å²) in [5, 5.41) is 24.9. The van der Waals surface area contributed by atoms with Crippen molar-refractivity contribution >= 4 is 39.8 Å². The highest BCUT2D eigenvalue weighted by Gasteiger charge is 2.69. The van der Waals surface area contributed by atoms with Crippen LogP contribution in [-0.2, 0) is 32.0 Å². The predicted molar refractivity (Wildman–Crippen MR) is 163 cm³/mol. The molecule has 0 aliphatic heterocycles. The average Bonchev–Trinajstić information content (AvgIpc) is 2.95. The minimum absolute atomic E-state index is 0.00701. The highest BCUT2D eigenvalue weighted by atomic mass is 16.3. The number of Topliss-reactive ketones (excluding diaryl/α,β-unsaturated/α-hetero) is 4. The first-order valence-electron chi connectivity index (χ1n) is 15.0. The second-order valence-electron chi connectivity index (χ2n) is 13.2. The van der Waals surface area contributed by atoms with Crippen LogP contribution in [0.5, 0.6) is 5.75 Å². The van der Waals surface area contributed by atoms with Gasteiger partial charge in [0, 0.05) is 5.92 Å². The molecular formula is C35H36N2O7. The van der Waals surface area contributed by atoms with Crippen molar-refractivity contribution < 1.29 is 34.2 Å². The fourth-order valence-corrected chi connectivity index (χ4v) is 8.07. The van der Waals surface area contributed by atoms with Crippen molar-refractivity contribution in [3.8, 4) is 16.9 Å². The van der Waals surface area contributed by atoms with Gasteiger partial charge >= 0.3 is 0 Å². The molecule has 44 heavy (non-hydrogen) atoms. The summed E-state index contributed by atoms with van der Waals surface area (Å²) >= 11 is 0. The molecule has 2 saturated carbocycles. The molecule has 9 heteroatoms. The quantitative estimate of drug-likeness (QED) is 0.380. The first kappa shape index (κ1) is 29.8. The summed E-state index contributed by atoms with van der Waals surface area (Å²) in [7, 11) is 3.14. The van der Waals surface area contributed by atoms with Crippen LogP contribution in [0.2, 0.25) is 0 Å². The lowest BCUT2D eigenvalue weighted by atomic mass is 9.52. The number of fused-ring (bicyclic) bond motifs is 4. The van der Waals surface area contributed by atoms with Crippen molar-refractivity contribution in [2.45, 2.75) is 44.8 Å². The molecular weight excluding hydrogens is 560 g/mol. The van der Waals surface area contributed by atoms with Crippen LogP contribution in [0.25, 0.3) is 21.9 Å². The Morgan fingerprint density at radius 2 is 1.64 bits per heavy atom. The van der Waals surface area contributed by atoms with Crippen LogP contribution in [-0.4, -0.2) is 69.9 Å². The Labute approximate surface area is 255 Å². The van der Waals surface area contributed by atoms with E-state index in [1.54, 1.807) is 20.2 Å². The number of aromatic hydroxyl groups is 1. The molecule has 1 amide bonds. The first-order valence-corrected chi connectivity index (χ1v) is 15.0. The second-order valence-corrected chi connectivity index (χ2v) is 13.2. The number of nitrogens with zero attached hydrogens (tertiary/aromatic N) is 1. The average molecular weight is 597 g/mol. The van der Waals surface area contributed by atoms with Gasteiger partial charge in [0.1, 0.15) is 5.75 Å². The van der Waals surface area contributed by atoms with Gasteiger partial charge in [0.15, 0.2) is 34.7 Å². The Balaban J connectivity index is 1.50. The molecule has 3 aliphatic rings. The number of carbonyl (C=O) groups is 5. The molecule has 0 spiro atoms. The topological polar surface area (TPSA) is 155 Å². The predicted octanol–water partition coefficient (Wildman–Crippen LogP) is 2.89. The molecule has 6 atom stereocenters. The molecule has 0 bridgehead atoms. The fraction of sp³-hybridized carbons (Fsp3) is 0.400. The van der Waals surface area contributed by atoms with Crippen molar-refractivity contribution in [2.75, 3.05) is 14.1 Å². The SMILES string of the molecule is CC(C)Cc1ccc(-c2ccc(O)c3c2C[C@@H]2C[C@@H]4[C@@H](N(C)C)C(=O)C(C(N)=O)C(=O)[C@]4(O)C(=O)C2C3=O)c2ccccc12. The van der Waals surface area contributed by atoms with Crippen LogP contribution < -0.4 is 5.73 Å². The van der Waals surface area contributed by atoms with Crippen LogP contribution in [0.4, 0.5) is 0 Å². The number of ketones is 4. The molecule has 3 aromatic rings. The third kappa shape index (κ3) is 4.17. The van der Waals surface area contributed by atoms with E-state index in [2.05, 4.69) is 26.0 Å². The Hall–Kier alpha value is -4.21. The van der Waals surface area contributed by atoms with Crippen molar-refractivity contribution in [1.29, 1.82) is 0 Å². The minimum atomic E-state index is -2.74. The number of hydrogen-bond acceptors (Lipinski definition) is 8. The highest BCUT2D eigenvalue weighted by molar-refractivity contribution is 6.32. The molecule has 4 N–H and O–H groups in total. The van der Waals surface area contributed by atoms with Crippen molar-refractivity contribution in [1.82, 2.24) is 4.90 Å². The van der Waals surface area contributed by atoms with E-state index in [-0.39, 0.29) is 24.2 Å². The molecule has 228 valence electrons. The molecule has 0 saturated heterocycles. The van der Waals surface area contributed by atoms with E-state index in [1.807, 2.05) is 24.3 Å². The molecule has 0 radical (unpaired) electrons. The Morgan fingerprint density at radius 1 is 0.977 bits per heavy atom. The van der Waals surface area contributed by atoms with Gasteiger partial charge in [-0.1, -0.05) is 56.3 Å². The lowest BCUT2D eigenvalue weighted by Gasteiger charge is -2.52. The lowest BCUT2D eigenvalue weighted by Crippen LogP contribution is -2.74. The fourth-order valence-electron chi connectivity index (χ4n) is 8.07. The van der Waals surface area contributed by atoms with Gasteiger partial charge in [0.05, 0.1) is 17.5 Å². The zero-order valence-electron chi connectivity index (χ0n) is 25.2. The van der Waals surface area contributed by atoms with E-state index in [9.17, 15) is 34.2 Å². The zero-order valence-corrected chi connectivity index (χ0v) is 25.2. The summed E-state index contributed by atoms with van der Waals surface area (Å²) in [6, 6.07) is 14.2. The summed E-state index contributed by atoms with van der Waals surface area (Å²) in [5.74, 6) is -10.1. The Kier molecular flexibility index (Phi) is 7.09. The lowest BCUT2D eigenvalue weighted by molar-refractivity contribution is -0.181. The normalized spacial score (nSPS) is 28.3. The first-order chi connectivity index (χ1) is 20.8. The third-order valence-corrected chi connectivity index (χ3v) is 9.88. The van der Waals surface area contributed by atoms with Gasteiger partial charge in [-0.25, -0.2) is 0 Å². The summed E-state index contributed by atoms with van der Waals surface area (Å²) < 4.78 is 0. The number of amides is 1. The Morgan fingerprint density at radius 3 is 2.27 bits per heavy atom. The van der Waals surface area contributed by atoms with Gasteiger partial charge in [-0.15, -0.1) is 0 Å². The summed E-state index contributed by atoms with van der Waals surface area (Å²) in [5.41, 5.74) is 6.07. The number of hydrogen-bond donors (Lipinski definition) is 3. The maximum Gasteiger partial charge on any atom is 0.235 e. The van der Waals surface area contributed by atoms with E-state index in [0.717, 1.165) is 28.3 Å². The van der Waals surface area contributed by atoms with E-state index in [0.29, 0.717) is 11.5 Å². The largest absolute Gasteiger partial charge is 0.507 e. The highest BCUT2D eigenvalue weighted by Crippen LogP contribution is 2.52. The van der Waals surface area contributed by atoms with E-state index in [1.165, 1.54) is 16.5 Å². The number of likely N-dealkylation sites (N-methyl/N-ethyl adjacent to an activating group) is 1. The molecule has 3 aromatic carbocycles. The van der Waals surface area contributed by atoms with E-state index in [4.69, 9.17) is 5.73 Å². The van der Waals surface area contributed by atoms with Gasteiger partial charge in [0.25, 0.3) is 0 Å². The molecule has 2 fully saturated rings. The molecule has 3 aliphatic carbocycles. The number of phenols is 1. The van der Waals surface area contributed by atoms with Crippen LogP contribution in [0.15, 0.2) is 48.5 Å². The molecule has 0 heterocycles. The van der Waals surface area contributed by atoms with Crippen molar-refractivity contribution in [3.63, 3.8) is 0 Å². The van der Waals surface area contributed by atoms with Crippen molar-refractivity contribution in [3.05, 3.63) is 65.2 Å². The number of aliphatic hydroxyl groups is 1. The number of nitrogens with two attached hydrogens (primary N) is 1. The number of rotatable bonds is 5. The van der Waals surface area contributed by atoms with Gasteiger partial charge in [-0.05, 0) is 84.3 Å². The minimum Gasteiger partial charge on any atom is -0.507 e. The number of benzene rings is 3. The van der Waals surface area contributed by atoms with E-state index < -0.39 is 64.4 Å². The molecule has 2 unspecified atom stereocenters. The Bertz CT molecular complexity index is 1780. The third-order valence-electron chi connectivity index (χ3n) is 9.88. The standard InChI is InChI=1S/C35H36N2O7/c1-16(2)13-17-9-10-21(20-8-6-5-7-19(17)20)22-11-12-25(38)27-23(22)14-18-15-24-29(37(3)4)31(40)28(34(36)43)33(42)35(24,44)32(41)26(18)30(27)39/h5-12,16,18,24,26,28-29,38,44H,13-15H2,1-4H3,(H2,36,43)/t18-,24-,26?,28?,29-,35-/m1/s1. The number of primary amides is 1. The van der Waals surface area contributed by atoms with Crippen molar-refractivity contribution in [2.24, 2.45) is 35.3 Å².